The number of rotatable bonds is 4. The second kappa shape index (κ2) is 5.75. The summed E-state index contributed by atoms with van der Waals surface area (Å²) in [4.78, 5) is 2.74. The lowest BCUT2D eigenvalue weighted by atomic mass is 10.0. The van der Waals surface area contributed by atoms with Crippen molar-refractivity contribution in [3.05, 3.63) is 70.1 Å². The predicted molar refractivity (Wildman–Crippen MR) is 71.0 cm³/mol. The Kier molecular flexibility index (Phi) is 3.06. The molecular weight excluding hydrogens is 226 g/mol. The topological polar surface area (TPSA) is 58.0 Å². The quantitative estimate of drug-likeness (QED) is 0.449. The van der Waals surface area contributed by atoms with Crippen LogP contribution in [0.4, 0.5) is 5.69 Å². The second-order valence-electron chi connectivity index (χ2n) is 3.56. The molecule has 90 valence electrons. The Morgan fingerprint density at radius 3 is 2.61 bits per heavy atom. The highest BCUT2D eigenvalue weighted by Crippen LogP contribution is 2.23. The van der Waals surface area contributed by atoms with Gasteiger partial charge in [-0.25, -0.2) is 0 Å². The minimum absolute atomic E-state index is 0.288. The standard InChI is InChI=1S/C14H13N3O/c1-18-13-8-6-11(7-9-13)10-12-4-2-3-5-14(12)16-17-15/h2-9H,10H2,1H3/i10D2. The molecule has 0 heterocycles. The van der Waals surface area contributed by atoms with Gasteiger partial charge in [0.25, 0.3) is 0 Å². The van der Waals surface area contributed by atoms with E-state index in [-0.39, 0.29) is 5.69 Å². The molecule has 0 aliphatic heterocycles. The average Bonchev–Trinajstić information content (AvgIpc) is 2.48. The van der Waals surface area contributed by atoms with Crippen molar-refractivity contribution in [2.75, 3.05) is 7.11 Å². The van der Waals surface area contributed by atoms with E-state index in [0.717, 1.165) is 0 Å². The van der Waals surface area contributed by atoms with Crippen LogP contribution in [0.5, 0.6) is 5.75 Å². The number of methoxy groups -OCH3 is 1. The van der Waals surface area contributed by atoms with E-state index in [0.29, 0.717) is 16.9 Å². The maximum Gasteiger partial charge on any atom is 0.118 e. The van der Waals surface area contributed by atoms with Crippen molar-refractivity contribution in [2.24, 2.45) is 5.11 Å². The summed E-state index contributed by atoms with van der Waals surface area (Å²) in [5.41, 5.74) is 9.66. The Morgan fingerprint density at radius 2 is 1.94 bits per heavy atom. The van der Waals surface area contributed by atoms with E-state index in [2.05, 4.69) is 10.0 Å². The SMILES string of the molecule is [2H]C([2H])(c1ccc(OC)cc1)c1ccccc1N=[N+]=[N-]. The number of benzene rings is 2. The predicted octanol–water partition coefficient (Wildman–Crippen LogP) is 4.23. The van der Waals surface area contributed by atoms with Crippen LogP contribution in [0.15, 0.2) is 53.6 Å². The summed E-state index contributed by atoms with van der Waals surface area (Å²) in [7, 11) is 1.56. The van der Waals surface area contributed by atoms with Crippen LogP contribution >= 0.6 is 0 Å². The van der Waals surface area contributed by atoms with Gasteiger partial charge in [0, 0.05) is 13.3 Å². The molecule has 2 rings (SSSR count). The molecule has 4 nitrogen and oxygen atoms in total. The van der Waals surface area contributed by atoms with Crippen LogP contribution in [0, 0.1) is 0 Å². The number of nitrogens with zero attached hydrogens (tertiary/aromatic N) is 3. The van der Waals surface area contributed by atoms with Gasteiger partial charge in [0.2, 0.25) is 0 Å². The molecule has 0 aliphatic carbocycles. The molecule has 0 radical (unpaired) electrons. The smallest absolute Gasteiger partial charge is 0.118 e. The van der Waals surface area contributed by atoms with Crippen molar-refractivity contribution in [3.8, 4) is 5.75 Å². The molecule has 0 fully saturated rings. The maximum absolute atomic E-state index is 8.57. The van der Waals surface area contributed by atoms with Crippen LogP contribution in [0.3, 0.4) is 0 Å². The molecule has 0 spiro atoms. The molecule has 0 aromatic heterocycles. The molecule has 2 aromatic rings. The Balaban J connectivity index is 2.50. The first-order chi connectivity index (χ1) is 9.59. The Morgan fingerprint density at radius 1 is 1.22 bits per heavy atom. The summed E-state index contributed by atoms with van der Waals surface area (Å²) >= 11 is 0. The van der Waals surface area contributed by atoms with Crippen molar-refractivity contribution in [1.82, 2.24) is 0 Å². The highest BCUT2D eigenvalue weighted by Gasteiger charge is 2.01. The Labute approximate surface area is 108 Å². The van der Waals surface area contributed by atoms with Gasteiger partial charge in [-0.15, -0.1) is 0 Å². The highest BCUT2D eigenvalue weighted by molar-refractivity contribution is 5.48. The first-order valence-corrected chi connectivity index (χ1v) is 5.38. The van der Waals surface area contributed by atoms with Gasteiger partial charge in [0.15, 0.2) is 0 Å². The van der Waals surface area contributed by atoms with E-state index < -0.39 is 6.37 Å². The van der Waals surface area contributed by atoms with Gasteiger partial charge in [-0.2, -0.15) is 0 Å². The van der Waals surface area contributed by atoms with Crippen LogP contribution in [0.1, 0.15) is 13.9 Å². The maximum atomic E-state index is 8.57. The lowest BCUT2D eigenvalue weighted by Crippen LogP contribution is -1.89. The zero-order chi connectivity index (χ0) is 14.6. The van der Waals surface area contributed by atoms with Crippen molar-refractivity contribution < 1.29 is 7.48 Å². The molecule has 0 bridgehead atoms. The fourth-order valence-corrected chi connectivity index (χ4v) is 1.54. The molecule has 18 heavy (non-hydrogen) atoms. The molecule has 0 atom stereocenters. The summed E-state index contributed by atoms with van der Waals surface area (Å²) < 4.78 is 21.7. The summed E-state index contributed by atoms with van der Waals surface area (Å²) in [6.07, 6.45) is -1.75. The van der Waals surface area contributed by atoms with E-state index >= 15 is 0 Å². The normalized spacial score (nSPS) is 12.1. The van der Waals surface area contributed by atoms with Gasteiger partial charge in [-0.1, -0.05) is 41.5 Å². The Hall–Kier alpha value is -2.45. The number of hydrogen-bond donors (Lipinski definition) is 0. The van der Waals surface area contributed by atoms with Crippen LogP contribution in [-0.4, -0.2) is 7.11 Å². The first kappa shape index (κ1) is 9.57. The van der Waals surface area contributed by atoms with Crippen LogP contribution < -0.4 is 4.74 Å². The first-order valence-electron chi connectivity index (χ1n) is 6.38. The van der Waals surface area contributed by atoms with Crippen molar-refractivity contribution in [3.63, 3.8) is 0 Å². The molecule has 0 saturated heterocycles. The molecule has 4 heteroatoms. The van der Waals surface area contributed by atoms with Crippen molar-refractivity contribution in [1.29, 1.82) is 0 Å². The fraction of sp³-hybridized carbons (Fsp3) is 0.143. The lowest BCUT2D eigenvalue weighted by Gasteiger charge is -2.06. The molecule has 0 amide bonds. The fourth-order valence-electron chi connectivity index (χ4n) is 1.54. The molecular formula is C14H13N3O. The third-order valence-electron chi connectivity index (χ3n) is 2.43. The van der Waals surface area contributed by atoms with E-state index in [9.17, 15) is 0 Å². The van der Waals surface area contributed by atoms with E-state index in [1.54, 1.807) is 55.6 Å². The van der Waals surface area contributed by atoms with Crippen molar-refractivity contribution in [2.45, 2.75) is 6.37 Å². The van der Waals surface area contributed by atoms with E-state index in [4.69, 9.17) is 13.0 Å². The van der Waals surface area contributed by atoms with Crippen LogP contribution in [-0.2, 0) is 6.37 Å². The summed E-state index contributed by atoms with van der Waals surface area (Å²) in [6, 6.07) is 13.3. The van der Waals surface area contributed by atoms with E-state index in [1.807, 2.05) is 0 Å². The zero-order valence-corrected chi connectivity index (χ0v) is 9.87. The van der Waals surface area contributed by atoms with Gasteiger partial charge in [-0.3, -0.25) is 0 Å². The third kappa shape index (κ3) is 2.81. The molecule has 0 aliphatic rings. The molecule has 0 unspecified atom stereocenters. The minimum atomic E-state index is -1.75. The third-order valence-corrected chi connectivity index (χ3v) is 2.43. The summed E-state index contributed by atoms with van der Waals surface area (Å²) in [6.45, 7) is 0. The Bertz CT molecular complexity index is 650. The molecule has 2 aromatic carbocycles. The second-order valence-corrected chi connectivity index (χ2v) is 3.56. The van der Waals surface area contributed by atoms with Gasteiger partial charge < -0.3 is 4.74 Å². The van der Waals surface area contributed by atoms with E-state index in [1.165, 1.54) is 0 Å². The lowest BCUT2D eigenvalue weighted by molar-refractivity contribution is 0.414. The number of azide groups is 1. The van der Waals surface area contributed by atoms with Gasteiger partial charge in [-0.05, 0) is 35.2 Å². The van der Waals surface area contributed by atoms with Crippen molar-refractivity contribution >= 4 is 5.69 Å². The average molecular weight is 241 g/mol. The monoisotopic (exact) mass is 241 g/mol. The summed E-state index contributed by atoms with van der Waals surface area (Å²) in [5, 5.41) is 3.55. The van der Waals surface area contributed by atoms with Crippen LogP contribution in [0.2, 0.25) is 0 Å². The summed E-state index contributed by atoms with van der Waals surface area (Å²) in [5.74, 6) is 0.660. The van der Waals surface area contributed by atoms with Gasteiger partial charge in [0.1, 0.15) is 5.75 Å². The highest BCUT2D eigenvalue weighted by atomic mass is 16.5. The molecule has 0 N–H and O–H groups in total. The minimum Gasteiger partial charge on any atom is -0.497 e. The number of ether oxygens (including phenoxy) is 1. The van der Waals surface area contributed by atoms with Gasteiger partial charge in [0.05, 0.1) is 7.11 Å². The number of hydrogen-bond acceptors (Lipinski definition) is 2. The van der Waals surface area contributed by atoms with Gasteiger partial charge >= 0.3 is 0 Å². The van der Waals surface area contributed by atoms with Crippen LogP contribution in [0.25, 0.3) is 10.4 Å². The largest absolute Gasteiger partial charge is 0.497 e. The molecule has 0 saturated carbocycles. The zero-order valence-electron chi connectivity index (χ0n) is 11.9.